The van der Waals surface area contributed by atoms with Gasteiger partial charge in [0.2, 0.25) is 17.7 Å². The third-order valence-electron chi connectivity index (χ3n) is 5.42. The molecule has 2 aromatic rings. The zero-order valence-electron chi connectivity index (χ0n) is 17.4. The molecule has 0 unspecified atom stereocenters. The Morgan fingerprint density at radius 1 is 1.10 bits per heavy atom. The van der Waals surface area contributed by atoms with Crippen LogP contribution in [0.4, 0.5) is 17.1 Å². The minimum Gasteiger partial charge on any atom is -0.495 e. The van der Waals surface area contributed by atoms with Gasteiger partial charge < -0.3 is 19.9 Å². The first-order valence-corrected chi connectivity index (χ1v) is 11.4. The van der Waals surface area contributed by atoms with Gasteiger partial charge in [0, 0.05) is 48.7 Å². The monoisotopic (exact) mass is 439 g/mol. The number of anilines is 3. The van der Waals surface area contributed by atoms with Crippen molar-refractivity contribution in [3.8, 4) is 5.75 Å². The van der Waals surface area contributed by atoms with Gasteiger partial charge in [-0.1, -0.05) is 12.1 Å². The largest absolute Gasteiger partial charge is 0.495 e. The van der Waals surface area contributed by atoms with E-state index in [1.54, 1.807) is 46.9 Å². The average molecular weight is 440 g/mol. The van der Waals surface area contributed by atoms with E-state index < -0.39 is 0 Å². The Morgan fingerprint density at radius 2 is 1.94 bits per heavy atom. The molecule has 1 N–H and O–H groups in total. The summed E-state index contributed by atoms with van der Waals surface area (Å²) in [6.07, 6.45) is 1.55. The smallest absolute Gasteiger partial charge is 0.227 e. The highest BCUT2D eigenvalue weighted by atomic mass is 32.2. The molecule has 0 bridgehead atoms. The minimum absolute atomic E-state index is 0.0485. The maximum atomic E-state index is 12.7. The minimum atomic E-state index is -0.239. The van der Waals surface area contributed by atoms with Crippen LogP contribution in [0.15, 0.2) is 47.4 Å². The summed E-state index contributed by atoms with van der Waals surface area (Å²) in [7, 11) is 1.56. The van der Waals surface area contributed by atoms with E-state index in [9.17, 15) is 14.4 Å². The second-order valence-corrected chi connectivity index (χ2v) is 8.58. The van der Waals surface area contributed by atoms with Crippen LogP contribution in [0.1, 0.15) is 25.7 Å². The second kappa shape index (κ2) is 9.43. The lowest BCUT2D eigenvalue weighted by Gasteiger charge is -2.29. The Kier molecular flexibility index (Phi) is 6.46. The Morgan fingerprint density at radius 3 is 2.71 bits per heavy atom. The van der Waals surface area contributed by atoms with Crippen LogP contribution in [0, 0.1) is 0 Å². The molecule has 3 amide bonds. The summed E-state index contributed by atoms with van der Waals surface area (Å²) in [6, 6.07) is 13.1. The van der Waals surface area contributed by atoms with Crippen molar-refractivity contribution in [1.82, 2.24) is 0 Å². The summed E-state index contributed by atoms with van der Waals surface area (Å²) < 4.78 is 5.38. The Labute approximate surface area is 185 Å². The molecule has 8 heteroatoms. The summed E-state index contributed by atoms with van der Waals surface area (Å²) in [5.41, 5.74) is 2.15. The number of thioether (sulfide) groups is 1. The van der Waals surface area contributed by atoms with Gasteiger partial charge in [-0.15, -0.1) is 11.8 Å². The summed E-state index contributed by atoms with van der Waals surface area (Å²) in [5.74, 6) is 1.19. The topological polar surface area (TPSA) is 79.0 Å². The highest BCUT2D eigenvalue weighted by Gasteiger charge is 2.25. The van der Waals surface area contributed by atoms with Crippen LogP contribution in [0.2, 0.25) is 0 Å². The molecule has 0 aromatic heterocycles. The molecular weight excluding hydrogens is 414 g/mol. The number of hydrogen-bond donors (Lipinski definition) is 1. The van der Waals surface area contributed by atoms with E-state index in [0.717, 1.165) is 22.8 Å². The molecule has 7 nitrogen and oxygen atoms in total. The van der Waals surface area contributed by atoms with Gasteiger partial charge in [-0.3, -0.25) is 14.4 Å². The zero-order chi connectivity index (χ0) is 21.8. The lowest BCUT2D eigenvalue weighted by Crippen LogP contribution is -2.35. The SMILES string of the molecule is COc1ccc(NC(=O)CCC(=O)N2CCSc3ccccc32)cc1N1CCCC1=O. The molecule has 0 spiro atoms. The van der Waals surface area contributed by atoms with Crippen molar-refractivity contribution in [2.75, 3.05) is 41.1 Å². The molecule has 162 valence electrons. The predicted molar refractivity (Wildman–Crippen MR) is 122 cm³/mol. The van der Waals surface area contributed by atoms with E-state index in [1.807, 2.05) is 24.3 Å². The molecule has 0 radical (unpaired) electrons. The van der Waals surface area contributed by atoms with Crippen LogP contribution < -0.4 is 19.9 Å². The first kappa shape index (κ1) is 21.2. The summed E-state index contributed by atoms with van der Waals surface area (Å²) in [4.78, 5) is 41.9. The van der Waals surface area contributed by atoms with Crippen LogP contribution in [0.5, 0.6) is 5.75 Å². The van der Waals surface area contributed by atoms with E-state index >= 15 is 0 Å². The fourth-order valence-corrected chi connectivity index (χ4v) is 4.88. The van der Waals surface area contributed by atoms with Gasteiger partial charge in [-0.05, 0) is 36.8 Å². The molecule has 0 saturated carbocycles. The molecule has 1 fully saturated rings. The third-order valence-corrected chi connectivity index (χ3v) is 6.47. The molecule has 4 rings (SSSR count). The number of hydrogen-bond acceptors (Lipinski definition) is 5. The quantitative estimate of drug-likeness (QED) is 0.743. The number of amides is 3. The van der Waals surface area contributed by atoms with Crippen molar-refractivity contribution in [3.05, 3.63) is 42.5 Å². The Balaban J connectivity index is 1.38. The molecule has 0 aliphatic carbocycles. The molecule has 0 atom stereocenters. The van der Waals surface area contributed by atoms with Crippen LogP contribution in [-0.4, -0.2) is 43.7 Å². The number of methoxy groups -OCH3 is 1. The third kappa shape index (κ3) is 4.69. The van der Waals surface area contributed by atoms with Gasteiger partial charge in [0.25, 0.3) is 0 Å². The van der Waals surface area contributed by atoms with Gasteiger partial charge >= 0.3 is 0 Å². The highest BCUT2D eigenvalue weighted by Crippen LogP contribution is 2.35. The number of ether oxygens (including phenoxy) is 1. The lowest BCUT2D eigenvalue weighted by atomic mass is 10.2. The normalized spacial score (nSPS) is 15.6. The number of fused-ring (bicyclic) bond motifs is 1. The van der Waals surface area contributed by atoms with Gasteiger partial charge in [0.1, 0.15) is 5.75 Å². The summed E-state index contributed by atoms with van der Waals surface area (Å²) in [6.45, 7) is 1.28. The van der Waals surface area contributed by atoms with Crippen LogP contribution >= 0.6 is 11.8 Å². The van der Waals surface area contributed by atoms with Crippen molar-refractivity contribution in [3.63, 3.8) is 0 Å². The summed E-state index contributed by atoms with van der Waals surface area (Å²) in [5, 5.41) is 2.84. The molecule has 2 aliphatic heterocycles. The van der Waals surface area contributed by atoms with E-state index in [4.69, 9.17) is 4.74 Å². The number of benzene rings is 2. The van der Waals surface area contributed by atoms with Crippen molar-refractivity contribution in [2.45, 2.75) is 30.6 Å². The van der Waals surface area contributed by atoms with Gasteiger partial charge in [0.15, 0.2) is 0 Å². The van der Waals surface area contributed by atoms with Crippen LogP contribution in [0.3, 0.4) is 0 Å². The first-order valence-electron chi connectivity index (χ1n) is 10.4. The molecule has 31 heavy (non-hydrogen) atoms. The molecule has 2 heterocycles. The van der Waals surface area contributed by atoms with Crippen LogP contribution in [0.25, 0.3) is 0 Å². The standard InChI is InChI=1S/C23H25N3O4S/c1-30-19-9-8-16(15-18(19)25-12-4-7-22(25)28)24-21(27)10-11-23(29)26-13-14-31-20-6-3-2-5-17(20)26/h2-3,5-6,8-9,15H,4,7,10-14H2,1H3,(H,24,27). The van der Waals surface area contributed by atoms with Gasteiger partial charge in [-0.25, -0.2) is 0 Å². The summed E-state index contributed by atoms with van der Waals surface area (Å²) >= 11 is 1.74. The van der Waals surface area contributed by atoms with Crippen LogP contribution in [-0.2, 0) is 14.4 Å². The zero-order valence-corrected chi connectivity index (χ0v) is 18.2. The highest BCUT2D eigenvalue weighted by molar-refractivity contribution is 7.99. The second-order valence-electron chi connectivity index (χ2n) is 7.45. The molecular formula is C23H25N3O4S. The van der Waals surface area contributed by atoms with E-state index in [2.05, 4.69) is 5.32 Å². The number of rotatable bonds is 6. The molecule has 2 aliphatic rings. The van der Waals surface area contributed by atoms with Gasteiger partial charge in [-0.2, -0.15) is 0 Å². The average Bonchev–Trinajstić information content (AvgIpc) is 3.22. The molecule has 1 saturated heterocycles. The molecule has 2 aromatic carbocycles. The Bertz CT molecular complexity index is 1010. The number of carbonyl (C=O) groups excluding carboxylic acids is 3. The number of para-hydroxylation sites is 1. The van der Waals surface area contributed by atoms with Gasteiger partial charge in [0.05, 0.1) is 18.5 Å². The maximum Gasteiger partial charge on any atom is 0.227 e. The maximum absolute atomic E-state index is 12.7. The first-order chi connectivity index (χ1) is 15.1. The fourth-order valence-electron chi connectivity index (χ4n) is 3.89. The van der Waals surface area contributed by atoms with E-state index in [1.165, 1.54) is 0 Å². The lowest BCUT2D eigenvalue weighted by molar-refractivity contribution is -0.122. The van der Waals surface area contributed by atoms with Crippen molar-refractivity contribution < 1.29 is 19.1 Å². The van der Waals surface area contributed by atoms with E-state index in [0.29, 0.717) is 36.6 Å². The number of nitrogens with one attached hydrogen (secondary N) is 1. The fraction of sp³-hybridized carbons (Fsp3) is 0.348. The van der Waals surface area contributed by atoms with Crippen molar-refractivity contribution >= 4 is 46.5 Å². The van der Waals surface area contributed by atoms with Crippen molar-refractivity contribution in [1.29, 1.82) is 0 Å². The van der Waals surface area contributed by atoms with Crippen molar-refractivity contribution in [2.24, 2.45) is 0 Å². The number of nitrogens with zero attached hydrogens (tertiary/aromatic N) is 2. The van der Waals surface area contributed by atoms with E-state index in [-0.39, 0.29) is 30.6 Å². The Hall–Kier alpha value is -3.00. The predicted octanol–water partition coefficient (Wildman–Crippen LogP) is 3.68. The number of carbonyl (C=O) groups is 3.